The first-order valence-corrected chi connectivity index (χ1v) is 15.9. The van der Waals surface area contributed by atoms with Gasteiger partial charge in [0.2, 0.25) is 11.8 Å². The third-order valence-corrected chi connectivity index (χ3v) is 9.36. The van der Waals surface area contributed by atoms with Crippen LogP contribution in [0, 0.1) is 17.3 Å². The summed E-state index contributed by atoms with van der Waals surface area (Å²) in [6.45, 7) is 9.75. The number of esters is 1. The number of aromatic nitrogens is 1. The Labute approximate surface area is 259 Å². The van der Waals surface area contributed by atoms with E-state index in [9.17, 15) is 19.2 Å². The number of carbonyl (C=O) groups excluding carboxylic acids is 4. The fraction of sp³-hybridized carbons (Fsp3) is 0.559. The fourth-order valence-corrected chi connectivity index (χ4v) is 6.33. The van der Waals surface area contributed by atoms with Crippen LogP contribution in [0.5, 0.6) is 0 Å². The minimum Gasteiger partial charge on any atom is -0.455 e. The van der Waals surface area contributed by atoms with E-state index in [4.69, 9.17) is 9.72 Å². The molecule has 10 heteroatoms. The van der Waals surface area contributed by atoms with Gasteiger partial charge in [-0.25, -0.2) is 10.4 Å². The van der Waals surface area contributed by atoms with Crippen LogP contribution in [-0.2, 0) is 23.9 Å². The van der Waals surface area contributed by atoms with E-state index in [1.54, 1.807) is 13.8 Å². The highest BCUT2D eigenvalue weighted by atomic mass is 16.5. The largest absolute Gasteiger partial charge is 0.455 e. The van der Waals surface area contributed by atoms with Gasteiger partial charge < -0.3 is 15.4 Å². The van der Waals surface area contributed by atoms with E-state index >= 15 is 0 Å². The van der Waals surface area contributed by atoms with Crippen molar-refractivity contribution in [1.82, 2.24) is 26.1 Å². The van der Waals surface area contributed by atoms with Gasteiger partial charge >= 0.3 is 5.97 Å². The van der Waals surface area contributed by atoms with Gasteiger partial charge in [-0.05, 0) is 81.9 Å². The van der Waals surface area contributed by atoms with Gasteiger partial charge in [0.15, 0.2) is 0 Å². The molecule has 1 saturated carbocycles. The number of nitrogens with zero attached hydrogens (tertiary/aromatic N) is 2. The van der Waals surface area contributed by atoms with Crippen LogP contribution in [0.1, 0.15) is 90.5 Å². The average Bonchev–Trinajstić information content (AvgIpc) is 3.01. The monoisotopic (exact) mass is 603 g/mol. The second-order valence-corrected chi connectivity index (χ2v) is 13.2. The number of hydrogen-bond acceptors (Lipinski definition) is 7. The van der Waals surface area contributed by atoms with Gasteiger partial charge in [-0.1, -0.05) is 51.1 Å². The number of rotatable bonds is 1. The summed E-state index contributed by atoms with van der Waals surface area (Å²) in [5.41, 5.74) is 4.52. The van der Waals surface area contributed by atoms with Gasteiger partial charge in [-0.3, -0.25) is 24.2 Å². The Morgan fingerprint density at radius 2 is 1.70 bits per heavy atom. The molecule has 3 aliphatic rings. The maximum Gasteiger partial charge on any atom is 0.325 e. The third kappa shape index (κ3) is 6.80. The lowest BCUT2D eigenvalue weighted by Gasteiger charge is -2.37. The Bertz CT molecular complexity index is 1450. The Morgan fingerprint density at radius 1 is 0.977 bits per heavy atom. The molecule has 3 amide bonds. The SMILES string of the molecule is CC1CCC2(/C=C/c3ccc4ccc(nc4c3)[C@@H](C)OC(=O)[C@@H]3CCCN(N3)C(=O)[C@H](C)NC(=O)[C@H](C(C)C)NC2=O)CC1. The van der Waals surface area contributed by atoms with Crippen molar-refractivity contribution in [2.24, 2.45) is 17.3 Å². The summed E-state index contributed by atoms with van der Waals surface area (Å²) in [5.74, 6) is -1.11. The lowest BCUT2D eigenvalue weighted by atomic mass is 9.69. The molecule has 3 heterocycles. The van der Waals surface area contributed by atoms with Crippen molar-refractivity contribution >= 4 is 40.7 Å². The summed E-state index contributed by atoms with van der Waals surface area (Å²) in [6, 6.07) is 7.38. The third-order valence-electron chi connectivity index (χ3n) is 9.36. The molecule has 1 aliphatic carbocycles. The van der Waals surface area contributed by atoms with Crippen LogP contribution >= 0.6 is 0 Å². The van der Waals surface area contributed by atoms with Crippen LogP contribution < -0.4 is 16.1 Å². The van der Waals surface area contributed by atoms with Gasteiger partial charge in [-0.2, -0.15) is 0 Å². The van der Waals surface area contributed by atoms with Crippen LogP contribution in [0.4, 0.5) is 0 Å². The average molecular weight is 604 g/mol. The molecule has 5 bridgehead atoms. The zero-order valence-corrected chi connectivity index (χ0v) is 26.4. The number of amides is 3. The molecule has 1 aromatic carbocycles. The summed E-state index contributed by atoms with van der Waals surface area (Å²) in [5, 5.41) is 8.20. The number of carbonyl (C=O) groups is 4. The maximum absolute atomic E-state index is 14.1. The number of hydrogen-bond donors (Lipinski definition) is 3. The number of fused-ring (bicyclic) bond motifs is 4. The first kappa shape index (κ1) is 31.6. The molecular formula is C34H45N5O5. The number of nitrogens with one attached hydrogen (secondary N) is 3. The Hall–Kier alpha value is -3.79. The van der Waals surface area contributed by atoms with E-state index in [1.165, 1.54) is 5.01 Å². The van der Waals surface area contributed by atoms with E-state index < -0.39 is 41.5 Å². The zero-order chi connectivity index (χ0) is 31.6. The van der Waals surface area contributed by atoms with Gasteiger partial charge in [-0.15, -0.1) is 0 Å². The maximum atomic E-state index is 14.1. The quantitative estimate of drug-likeness (QED) is 0.417. The van der Waals surface area contributed by atoms with Crippen molar-refractivity contribution in [2.45, 2.75) is 97.4 Å². The second kappa shape index (κ2) is 13.1. The topological polar surface area (TPSA) is 130 Å². The molecule has 0 radical (unpaired) electrons. The standard InChI is InChI=1S/C34H45N5O5/c1-20(2)29-30(40)35-22(4)31(41)39-18-6-7-27(38-39)32(42)44-23(5)26-11-10-25-9-8-24(19-28(25)36-26)14-17-34(33(43)37-29)15-12-21(3)13-16-34/h8-11,14,17,19-23,27,29,38H,6-7,12-13,15-16,18H2,1-5H3,(H,35,40)(H,37,43)/b17-14+/t21?,22-,23+,27-,29-,34?/m0/s1. The number of hydrazine groups is 1. The molecule has 44 heavy (non-hydrogen) atoms. The normalized spacial score (nSPS) is 31.5. The highest BCUT2D eigenvalue weighted by molar-refractivity contribution is 5.94. The minimum absolute atomic E-state index is 0.175. The Kier molecular flexibility index (Phi) is 9.39. The van der Waals surface area contributed by atoms with Crippen LogP contribution in [0.3, 0.4) is 0 Å². The zero-order valence-electron chi connectivity index (χ0n) is 26.4. The summed E-state index contributed by atoms with van der Waals surface area (Å²) < 4.78 is 5.80. The van der Waals surface area contributed by atoms with E-state index in [1.807, 2.05) is 56.3 Å². The molecule has 2 fully saturated rings. The lowest BCUT2D eigenvalue weighted by Crippen LogP contribution is -2.61. The van der Waals surface area contributed by atoms with Crippen LogP contribution in [0.2, 0.25) is 0 Å². The van der Waals surface area contributed by atoms with E-state index in [0.717, 1.165) is 29.3 Å². The number of benzene rings is 1. The molecule has 2 aromatic rings. The van der Waals surface area contributed by atoms with Crippen LogP contribution in [0.15, 0.2) is 36.4 Å². The molecular weight excluding hydrogens is 558 g/mol. The van der Waals surface area contributed by atoms with Gasteiger partial charge in [0.25, 0.3) is 5.91 Å². The molecule has 3 N–H and O–H groups in total. The Morgan fingerprint density at radius 3 is 2.43 bits per heavy atom. The minimum atomic E-state index is -0.873. The summed E-state index contributed by atoms with van der Waals surface area (Å²) in [4.78, 5) is 58.9. The molecule has 1 spiro atoms. The van der Waals surface area contributed by atoms with Gasteiger partial charge in [0.05, 0.1) is 16.6 Å². The van der Waals surface area contributed by atoms with Gasteiger partial charge in [0.1, 0.15) is 24.2 Å². The molecule has 1 aromatic heterocycles. The van der Waals surface area contributed by atoms with Crippen LogP contribution in [-0.4, -0.2) is 58.4 Å². The van der Waals surface area contributed by atoms with Crippen molar-refractivity contribution in [1.29, 1.82) is 0 Å². The van der Waals surface area contributed by atoms with E-state index in [2.05, 4.69) is 23.0 Å². The fourth-order valence-electron chi connectivity index (χ4n) is 6.33. The molecule has 0 unspecified atom stereocenters. The second-order valence-electron chi connectivity index (χ2n) is 13.2. The number of cyclic esters (lactones) is 1. The van der Waals surface area contributed by atoms with Crippen molar-refractivity contribution in [3.63, 3.8) is 0 Å². The molecule has 236 valence electrons. The molecule has 1 saturated heterocycles. The van der Waals surface area contributed by atoms with Crippen molar-refractivity contribution in [3.05, 3.63) is 47.7 Å². The lowest BCUT2D eigenvalue weighted by molar-refractivity contribution is -0.157. The first-order chi connectivity index (χ1) is 21.0. The predicted octanol–water partition coefficient (Wildman–Crippen LogP) is 4.20. The van der Waals surface area contributed by atoms with Crippen molar-refractivity contribution in [3.8, 4) is 0 Å². The van der Waals surface area contributed by atoms with Crippen molar-refractivity contribution in [2.75, 3.05) is 6.54 Å². The van der Waals surface area contributed by atoms with Gasteiger partial charge in [0, 0.05) is 11.9 Å². The van der Waals surface area contributed by atoms with E-state index in [0.29, 0.717) is 43.8 Å². The van der Waals surface area contributed by atoms with Crippen molar-refractivity contribution < 1.29 is 23.9 Å². The highest BCUT2D eigenvalue weighted by Crippen LogP contribution is 2.41. The molecule has 5 rings (SSSR count). The first-order valence-electron chi connectivity index (χ1n) is 15.9. The van der Waals surface area contributed by atoms with E-state index in [-0.39, 0.29) is 17.7 Å². The predicted molar refractivity (Wildman–Crippen MR) is 168 cm³/mol. The molecule has 2 aliphatic heterocycles. The highest BCUT2D eigenvalue weighted by Gasteiger charge is 2.41. The molecule has 4 atom stereocenters. The number of ether oxygens (including phenoxy) is 1. The van der Waals surface area contributed by atoms with Crippen LogP contribution in [0.25, 0.3) is 17.0 Å². The Balaban J connectivity index is 1.53. The smallest absolute Gasteiger partial charge is 0.325 e. The number of pyridine rings is 1. The summed E-state index contributed by atoms with van der Waals surface area (Å²) >= 11 is 0. The molecule has 10 nitrogen and oxygen atoms in total. The summed E-state index contributed by atoms with van der Waals surface area (Å²) in [6.07, 6.45) is 7.65. The summed E-state index contributed by atoms with van der Waals surface area (Å²) in [7, 11) is 0.